The Labute approximate surface area is 183 Å². The lowest BCUT2D eigenvalue weighted by molar-refractivity contribution is -0.137. The Morgan fingerprint density at radius 3 is 2.42 bits per heavy atom. The second-order valence-corrected chi connectivity index (χ2v) is 10.9. The first kappa shape index (κ1) is 20.6. The summed E-state index contributed by atoms with van der Waals surface area (Å²) in [6.07, 6.45) is 5.55. The van der Waals surface area contributed by atoms with Crippen LogP contribution in [-0.4, -0.2) is 64.9 Å². The fourth-order valence-electron chi connectivity index (χ4n) is 4.73. The molecule has 8 nitrogen and oxygen atoms in total. The molecule has 5 rings (SSSR count). The van der Waals surface area contributed by atoms with Gasteiger partial charge >= 0.3 is 0 Å². The highest BCUT2D eigenvalue weighted by Gasteiger charge is 2.36. The Balaban J connectivity index is 1.19. The zero-order valence-electron chi connectivity index (χ0n) is 17.6. The number of sulfonamides is 1. The topological polar surface area (TPSA) is 99.3 Å². The minimum atomic E-state index is -3.56. The molecule has 2 aliphatic heterocycles. The highest BCUT2D eigenvalue weighted by molar-refractivity contribution is 7.89. The summed E-state index contributed by atoms with van der Waals surface area (Å²) in [5, 5.41) is 7.46. The van der Waals surface area contributed by atoms with Gasteiger partial charge in [0.05, 0.1) is 10.8 Å². The lowest BCUT2D eigenvalue weighted by atomic mass is 9.93. The molecule has 31 heavy (non-hydrogen) atoms. The van der Waals surface area contributed by atoms with Crippen LogP contribution in [0, 0.1) is 5.92 Å². The smallest absolute Gasteiger partial charge is 0.243 e. The largest absolute Gasteiger partial charge is 0.342 e. The van der Waals surface area contributed by atoms with Crippen molar-refractivity contribution in [3.8, 4) is 0 Å². The molecule has 0 spiro atoms. The average molecular weight is 444 g/mol. The van der Waals surface area contributed by atoms with Crippen LogP contribution in [0.1, 0.15) is 62.0 Å². The maximum Gasteiger partial charge on any atom is 0.243 e. The molecule has 0 radical (unpaired) electrons. The second-order valence-electron chi connectivity index (χ2n) is 8.97. The first-order chi connectivity index (χ1) is 15.0. The number of hydrogen-bond donors (Lipinski definition) is 1. The van der Waals surface area contributed by atoms with Crippen molar-refractivity contribution in [3.05, 3.63) is 42.0 Å². The summed E-state index contributed by atoms with van der Waals surface area (Å²) in [6.45, 7) is 2.11. The third kappa shape index (κ3) is 4.25. The Bertz CT molecular complexity index is 1030. The summed E-state index contributed by atoms with van der Waals surface area (Å²) in [7, 11) is -3.56. The van der Waals surface area contributed by atoms with Gasteiger partial charge in [0.2, 0.25) is 15.9 Å². The van der Waals surface area contributed by atoms with Crippen LogP contribution in [0.5, 0.6) is 0 Å². The van der Waals surface area contributed by atoms with Crippen LogP contribution in [0.4, 0.5) is 0 Å². The molecule has 9 heteroatoms. The van der Waals surface area contributed by atoms with E-state index in [0.717, 1.165) is 30.9 Å². The van der Waals surface area contributed by atoms with Gasteiger partial charge < -0.3 is 4.90 Å². The lowest BCUT2D eigenvalue weighted by Gasteiger charge is -2.37. The van der Waals surface area contributed by atoms with E-state index in [-0.39, 0.29) is 18.4 Å². The molecule has 1 aliphatic carbocycles. The van der Waals surface area contributed by atoms with Crippen molar-refractivity contribution in [1.29, 1.82) is 0 Å². The standard InChI is InChI=1S/C22H29N5O3S/c28-22(18-5-4-12-27(15-18)31(29,30)19-6-2-1-3-7-19)26-13-10-17(11-14-26)21-23-20(24-25-21)16-8-9-16/h1-3,6-7,16-18H,4-5,8-15H2,(H,23,24,25). The molecule has 3 heterocycles. The van der Waals surface area contributed by atoms with Crippen LogP contribution in [-0.2, 0) is 14.8 Å². The van der Waals surface area contributed by atoms with E-state index >= 15 is 0 Å². The van der Waals surface area contributed by atoms with E-state index in [2.05, 4.69) is 15.2 Å². The van der Waals surface area contributed by atoms with Crippen LogP contribution in [0.15, 0.2) is 35.2 Å². The maximum atomic E-state index is 13.2. The van der Waals surface area contributed by atoms with Crippen molar-refractivity contribution in [2.45, 2.75) is 55.3 Å². The molecule has 1 saturated carbocycles. The van der Waals surface area contributed by atoms with E-state index in [1.807, 2.05) is 4.90 Å². The van der Waals surface area contributed by atoms with Gasteiger partial charge in [-0.2, -0.15) is 9.40 Å². The number of piperidine rings is 2. The van der Waals surface area contributed by atoms with Crippen LogP contribution in [0.25, 0.3) is 0 Å². The number of rotatable bonds is 5. The molecular formula is C22H29N5O3S. The van der Waals surface area contributed by atoms with E-state index in [4.69, 9.17) is 0 Å². The predicted molar refractivity (Wildman–Crippen MR) is 115 cm³/mol. The zero-order chi connectivity index (χ0) is 21.4. The van der Waals surface area contributed by atoms with Crippen molar-refractivity contribution in [2.24, 2.45) is 5.92 Å². The van der Waals surface area contributed by atoms with Gasteiger partial charge in [0, 0.05) is 38.0 Å². The first-order valence-corrected chi connectivity index (χ1v) is 12.7. The Morgan fingerprint density at radius 1 is 0.968 bits per heavy atom. The maximum absolute atomic E-state index is 13.2. The Morgan fingerprint density at radius 2 is 1.71 bits per heavy atom. The van der Waals surface area contributed by atoms with Gasteiger partial charge in [0.1, 0.15) is 5.82 Å². The molecule has 1 aromatic carbocycles. The van der Waals surface area contributed by atoms with E-state index in [1.165, 1.54) is 17.1 Å². The molecule has 1 unspecified atom stereocenters. The molecule has 1 aromatic heterocycles. The van der Waals surface area contributed by atoms with Crippen LogP contribution in [0.3, 0.4) is 0 Å². The predicted octanol–water partition coefficient (Wildman–Crippen LogP) is 2.49. The van der Waals surface area contributed by atoms with Crippen molar-refractivity contribution < 1.29 is 13.2 Å². The van der Waals surface area contributed by atoms with E-state index < -0.39 is 10.0 Å². The van der Waals surface area contributed by atoms with Crippen LogP contribution < -0.4 is 0 Å². The zero-order valence-corrected chi connectivity index (χ0v) is 18.4. The molecule has 2 saturated heterocycles. The van der Waals surface area contributed by atoms with Crippen molar-refractivity contribution >= 4 is 15.9 Å². The van der Waals surface area contributed by atoms with E-state index in [9.17, 15) is 13.2 Å². The molecule has 3 fully saturated rings. The van der Waals surface area contributed by atoms with Crippen molar-refractivity contribution in [3.63, 3.8) is 0 Å². The number of benzene rings is 1. The van der Waals surface area contributed by atoms with Crippen molar-refractivity contribution in [1.82, 2.24) is 24.4 Å². The fraction of sp³-hybridized carbons (Fsp3) is 0.591. The number of likely N-dealkylation sites (tertiary alicyclic amines) is 1. The number of carbonyl (C=O) groups excluding carboxylic acids is 1. The fourth-order valence-corrected chi connectivity index (χ4v) is 6.27. The number of aromatic nitrogens is 3. The van der Waals surface area contributed by atoms with Gasteiger partial charge in [-0.1, -0.05) is 18.2 Å². The van der Waals surface area contributed by atoms with E-state index in [1.54, 1.807) is 30.3 Å². The number of aromatic amines is 1. The summed E-state index contributed by atoms with van der Waals surface area (Å²) in [6, 6.07) is 8.49. The number of carbonyl (C=O) groups is 1. The summed E-state index contributed by atoms with van der Waals surface area (Å²) >= 11 is 0. The SMILES string of the molecule is O=C(C1CCCN(S(=O)(=O)c2ccccc2)C1)N1CCC(c2nc(C3CC3)n[nH]2)CC1. The first-order valence-electron chi connectivity index (χ1n) is 11.3. The number of H-pyrrole nitrogens is 1. The summed E-state index contributed by atoms with van der Waals surface area (Å²) in [4.78, 5) is 20.1. The van der Waals surface area contributed by atoms with Gasteiger partial charge in [-0.05, 0) is 50.7 Å². The minimum absolute atomic E-state index is 0.0858. The van der Waals surface area contributed by atoms with Gasteiger partial charge in [0.25, 0.3) is 0 Å². The Kier molecular flexibility index (Phi) is 5.56. The number of hydrogen-bond acceptors (Lipinski definition) is 5. The lowest BCUT2D eigenvalue weighted by Crippen LogP contribution is -2.48. The molecular weight excluding hydrogens is 414 g/mol. The van der Waals surface area contributed by atoms with Crippen LogP contribution >= 0.6 is 0 Å². The number of nitrogens with one attached hydrogen (secondary N) is 1. The monoisotopic (exact) mass is 443 g/mol. The molecule has 0 bridgehead atoms. The average Bonchev–Trinajstić information content (AvgIpc) is 3.56. The third-order valence-electron chi connectivity index (χ3n) is 6.77. The number of nitrogens with zero attached hydrogens (tertiary/aromatic N) is 4. The van der Waals surface area contributed by atoms with Gasteiger partial charge in [-0.15, -0.1) is 0 Å². The summed E-state index contributed by atoms with van der Waals surface area (Å²) < 4.78 is 27.4. The van der Waals surface area contributed by atoms with Gasteiger partial charge in [0.15, 0.2) is 5.82 Å². The summed E-state index contributed by atoms with van der Waals surface area (Å²) in [5.74, 6) is 2.55. The highest BCUT2D eigenvalue weighted by atomic mass is 32.2. The molecule has 3 aliphatic rings. The normalized spacial score (nSPS) is 23.7. The molecule has 1 atom stereocenters. The summed E-state index contributed by atoms with van der Waals surface area (Å²) in [5.41, 5.74) is 0. The molecule has 1 amide bonds. The van der Waals surface area contributed by atoms with Gasteiger partial charge in [-0.25, -0.2) is 13.4 Å². The molecule has 2 aromatic rings. The third-order valence-corrected chi connectivity index (χ3v) is 8.65. The van der Waals surface area contributed by atoms with Gasteiger partial charge in [-0.3, -0.25) is 9.89 Å². The van der Waals surface area contributed by atoms with E-state index in [0.29, 0.717) is 42.8 Å². The molecule has 166 valence electrons. The highest BCUT2D eigenvalue weighted by Crippen LogP contribution is 2.38. The molecule has 1 N–H and O–H groups in total. The van der Waals surface area contributed by atoms with Crippen LogP contribution in [0.2, 0.25) is 0 Å². The second kappa shape index (κ2) is 8.35. The number of amides is 1. The quantitative estimate of drug-likeness (QED) is 0.765. The Hall–Kier alpha value is -2.26. The van der Waals surface area contributed by atoms with Crippen molar-refractivity contribution in [2.75, 3.05) is 26.2 Å². The minimum Gasteiger partial charge on any atom is -0.342 e.